The summed E-state index contributed by atoms with van der Waals surface area (Å²) in [6.45, 7) is 6.80. The minimum absolute atomic E-state index is 0.0960. The zero-order valence-corrected chi connectivity index (χ0v) is 17.6. The van der Waals surface area contributed by atoms with E-state index in [0.717, 1.165) is 36.9 Å². The number of amides is 2. The summed E-state index contributed by atoms with van der Waals surface area (Å²) in [6, 6.07) is 20.0. The van der Waals surface area contributed by atoms with Gasteiger partial charge in [-0.2, -0.15) is 0 Å². The molecule has 29 heavy (non-hydrogen) atoms. The molecular formula is C25H32N2O2. The van der Waals surface area contributed by atoms with Gasteiger partial charge in [-0.3, -0.25) is 9.59 Å². The van der Waals surface area contributed by atoms with E-state index in [0.29, 0.717) is 19.6 Å². The Morgan fingerprint density at radius 2 is 1.17 bits per heavy atom. The highest BCUT2D eigenvalue weighted by molar-refractivity contribution is 5.87. The van der Waals surface area contributed by atoms with E-state index in [2.05, 4.69) is 13.8 Å². The minimum Gasteiger partial charge on any atom is -0.341 e. The molecule has 1 aliphatic heterocycles. The second-order valence-corrected chi connectivity index (χ2v) is 7.77. The van der Waals surface area contributed by atoms with E-state index in [9.17, 15) is 9.59 Å². The fourth-order valence-electron chi connectivity index (χ4n) is 4.21. The van der Waals surface area contributed by atoms with Crippen molar-refractivity contribution >= 4 is 11.8 Å². The first-order valence-corrected chi connectivity index (χ1v) is 10.8. The Morgan fingerprint density at radius 3 is 1.62 bits per heavy atom. The van der Waals surface area contributed by atoms with Crippen molar-refractivity contribution < 1.29 is 9.59 Å². The van der Waals surface area contributed by atoms with Gasteiger partial charge in [0.1, 0.15) is 0 Å². The molecule has 2 aromatic carbocycles. The Balaban J connectivity index is 1.78. The lowest BCUT2D eigenvalue weighted by atomic mass is 9.90. The molecule has 0 bridgehead atoms. The number of hydrogen-bond acceptors (Lipinski definition) is 2. The van der Waals surface area contributed by atoms with Crippen molar-refractivity contribution in [2.75, 3.05) is 26.2 Å². The lowest BCUT2D eigenvalue weighted by Crippen LogP contribution is -2.41. The number of carbonyl (C=O) groups is 2. The third kappa shape index (κ3) is 5.06. The summed E-state index contributed by atoms with van der Waals surface area (Å²) in [5, 5.41) is 0. The SMILES string of the molecule is CCC(CC)C(=O)N1CCCN(C(=O)C(c2ccccc2)c2ccccc2)CC1. The van der Waals surface area contributed by atoms with Gasteiger partial charge >= 0.3 is 0 Å². The van der Waals surface area contributed by atoms with Gasteiger partial charge < -0.3 is 9.80 Å². The van der Waals surface area contributed by atoms with Crippen LogP contribution < -0.4 is 0 Å². The number of rotatable bonds is 6. The second kappa shape index (κ2) is 10.2. The zero-order valence-electron chi connectivity index (χ0n) is 17.6. The molecule has 1 aliphatic rings. The van der Waals surface area contributed by atoms with Crippen LogP contribution in [0.2, 0.25) is 0 Å². The van der Waals surface area contributed by atoms with Crippen LogP contribution >= 0.6 is 0 Å². The summed E-state index contributed by atoms with van der Waals surface area (Å²) >= 11 is 0. The molecule has 1 fully saturated rings. The summed E-state index contributed by atoms with van der Waals surface area (Å²) in [5.41, 5.74) is 2.02. The van der Waals surface area contributed by atoms with Gasteiger partial charge in [0, 0.05) is 32.1 Å². The Kier molecular flexibility index (Phi) is 7.45. The van der Waals surface area contributed by atoms with Crippen molar-refractivity contribution in [3.8, 4) is 0 Å². The van der Waals surface area contributed by atoms with E-state index in [1.807, 2.05) is 70.5 Å². The Morgan fingerprint density at radius 1 is 0.724 bits per heavy atom. The summed E-state index contributed by atoms with van der Waals surface area (Å²) in [6.07, 6.45) is 2.57. The van der Waals surface area contributed by atoms with Crippen molar-refractivity contribution in [2.45, 2.75) is 39.0 Å². The maximum atomic E-state index is 13.6. The lowest BCUT2D eigenvalue weighted by molar-refractivity contribution is -0.136. The second-order valence-electron chi connectivity index (χ2n) is 7.77. The van der Waals surface area contributed by atoms with Crippen LogP contribution in [0, 0.1) is 5.92 Å². The highest BCUT2D eigenvalue weighted by atomic mass is 16.2. The van der Waals surface area contributed by atoms with Crippen LogP contribution in [0.25, 0.3) is 0 Å². The van der Waals surface area contributed by atoms with Crippen molar-refractivity contribution in [1.29, 1.82) is 0 Å². The van der Waals surface area contributed by atoms with Gasteiger partial charge in [-0.05, 0) is 30.4 Å². The summed E-state index contributed by atoms with van der Waals surface area (Å²) in [5.74, 6) is 0.156. The third-order valence-corrected chi connectivity index (χ3v) is 5.97. The standard InChI is InChI=1S/C25H32N2O2/c1-3-20(4-2)24(28)26-16-11-17-27(19-18-26)25(29)23(21-12-7-5-8-13-21)22-14-9-6-10-15-22/h5-10,12-15,20,23H,3-4,11,16-19H2,1-2H3. The van der Waals surface area contributed by atoms with Crippen LogP contribution in [-0.2, 0) is 9.59 Å². The van der Waals surface area contributed by atoms with Gasteiger partial charge in [-0.1, -0.05) is 74.5 Å². The van der Waals surface area contributed by atoms with Gasteiger partial charge in [-0.15, -0.1) is 0 Å². The van der Waals surface area contributed by atoms with Gasteiger partial charge in [0.2, 0.25) is 11.8 Å². The quantitative estimate of drug-likeness (QED) is 0.735. The first-order valence-electron chi connectivity index (χ1n) is 10.8. The molecule has 0 atom stereocenters. The molecule has 0 unspecified atom stereocenters. The highest BCUT2D eigenvalue weighted by Crippen LogP contribution is 2.27. The Labute approximate surface area is 174 Å². The van der Waals surface area contributed by atoms with Crippen LogP contribution in [0.1, 0.15) is 50.2 Å². The molecular weight excluding hydrogens is 360 g/mol. The van der Waals surface area contributed by atoms with Gasteiger partial charge in [0.25, 0.3) is 0 Å². The molecule has 0 spiro atoms. The molecule has 1 saturated heterocycles. The van der Waals surface area contributed by atoms with Crippen molar-refractivity contribution in [3.63, 3.8) is 0 Å². The lowest BCUT2D eigenvalue weighted by Gasteiger charge is -2.28. The van der Waals surface area contributed by atoms with E-state index >= 15 is 0 Å². The molecule has 3 rings (SSSR count). The van der Waals surface area contributed by atoms with Crippen molar-refractivity contribution in [2.24, 2.45) is 5.92 Å². The zero-order chi connectivity index (χ0) is 20.6. The molecule has 0 aliphatic carbocycles. The smallest absolute Gasteiger partial charge is 0.234 e. The van der Waals surface area contributed by atoms with Crippen molar-refractivity contribution in [1.82, 2.24) is 9.80 Å². The van der Waals surface area contributed by atoms with Crippen LogP contribution in [0.3, 0.4) is 0 Å². The summed E-state index contributed by atoms with van der Waals surface area (Å²) < 4.78 is 0. The van der Waals surface area contributed by atoms with E-state index in [-0.39, 0.29) is 23.7 Å². The van der Waals surface area contributed by atoms with Gasteiger partial charge in [0.15, 0.2) is 0 Å². The average molecular weight is 393 g/mol. The number of benzene rings is 2. The van der Waals surface area contributed by atoms with E-state index in [1.165, 1.54) is 0 Å². The summed E-state index contributed by atoms with van der Waals surface area (Å²) in [4.78, 5) is 30.3. The van der Waals surface area contributed by atoms with Gasteiger partial charge in [-0.25, -0.2) is 0 Å². The Hall–Kier alpha value is -2.62. The normalized spacial score (nSPS) is 14.9. The van der Waals surface area contributed by atoms with E-state index < -0.39 is 0 Å². The number of carbonyl (C=O) groups excluding carboxylic acids is 2. The topological polar surface area (TPSA) is 40.6 Å². The van der Waals surface area contributed by atoms with Crippen LogP contribution in [0.5, 0.6) is 0 Å². The fourth-order valence-corrected chi connectivity index (χ4v) is 4.21. The molecule has 1 heterocycles. The first kappa shape index (κ1) is 21.1. The minimum atomic E-state index is -0.307. The molecule has 2 amide bonds. The summed E-state index contributed by atoms with van der Waals surface area (Å²) in [7, 11) is 0. The van der Waals surface area contributed by atoms with Gasteiger partial charge in [0.05, 0.1) is 5.92 Å². The molecule has 154 valence electrons. The third-order valence-electron chi connectivity index (χ3n) is 5.97. The monoisotopic (exact) mass is 392 g/mol. The van der Waals surface area contributed by atoms with E-state index in [4.69, 9.17) is 0 Å². The largest absolute Gasteiger partial charge is 0.341 e. The van der Waals surface area contributed by atoms with Crippen molar-refractivity contribution in [3.05, 3.63) is 71.8 Å². The highest BCUT2D eigenvalue weighted by Gasteiger charge is 2.30. The molecule has 4 heteroatoms. The average Bonchev–Trinajstić information content (AvgIpc) is 3.02. The maximum absolute atomic E-state index is 13.6. The molecule has 0 N–H and O–H groups in total. The number of hydrogen-bond donors (Lipinski definition) is 0. The van der Waals surface area contributed by atoms with Crippen LogP contribution in [0.15, 0.2) is 60.7 Å². The van der Waals surface area contributed by atoms with Crippen LogP contribution in [0.4, 0.5) is 0 Å². The predicted molar refractivity (Wildman–Crippen MR) is 117 cm³/mol. The molecule has 0 aromatic heterocycles. The fraction of sp³-hybridized carbons (Fsp3) is 0.440. The van der Waals surface area contributed by atoms with E-state index in [1.54, 1.807) is 0 Å². The number of nitrogens with zero attached hydrogens (tertiary/aromatic N) is 2. The predicted octanol–water partition coefficient (Wildman–Crippen LogP) is 4.32. The molecule has 0 saturated carbocycles. The van der Waals surface area contributed by atoms with Crippen LogP contribution in [-0.4, -0.2) is 47.8 Å². The molecule has 2 aromatic rings. The molecule has 4 nitrogen and oxygen atoms in total. The maximum Gasteiger partial charge on any atom is 0.234 e. The Bertz CT molecular complexity index is 747. The first-order chi connectivity index (χ1) is 14.2. The molecule has 0 radical (unpaired) electrons.